The predicted octanol–water partition coefficient (Wildman–Crippen LogP) is 2.93. The highest BCUT2D eigenvalue weighted by Crippen LogP contribution is 2.37. The second-order valence-corrected chi connectivity index (χ2v) is 7.19. The van der Waals surface area contributed by atoms with Gasteiger partial charge < -0.3 is 0 Å². The van der Waals surface area contributed by atoms with Crippen molar-refractivity contribution in [2.45, 2.75) is 17.1 Å². The third kappa shape index (κ3) is 3.42. The summed E-state index contributed by atoms with van der Waals surface area (Å²) in [5.41, 5.74) is -0.297. The summed E-state index contributed by atoms with van der Waals surface area (Å²) < 4.78 is 65.1. The first kappa shape index (κ1) is 18.0. The van der Waals surface area contributed by atoms with Gasteiger partial charge >= 0.3 is 6.18 Å². The van der Waals surface area contributed by atoms with Crippen LogP contribution in [0.2, 0.25) is 0 Å². The molecule has 5 nitrogen and oxygen atoms in total. The van der Waals surface area contributed by atoms with Crippen LogP contribution in [0.3, 0.4) is 0 Å². The van der Waals surface area contributed by atoms with Crippen molar-refractivity contribution in [3.8, 4) is 6.07 Å². The predicted molar refractivity (Wildman–Crippen MR) is 87.6 cm³/mol. The smallest absolute Gasteiger partial charge is 0.290 e. The van der Waals surface area contributed by atoms with Crippen molar-refractivity contribution in [2.75, 3.05) is 0 Å². The molecule has 0 saturated heterocycles. The van der Waals surface area contributed by atoms with Crippen LogP contribution >= 0.6 is 0 Å². The third-order valence-electron chi connectivity index (χ3n) is 3.83. The summed E-state index contributed by atoms with van der Waals surface area (Å²) in [6.07, 6.45) is 3.25. The summed E-state index contributed by atoms with van der Waals surface area (Å²) >= 11 is 0. The van der Waals surface area contributed by atoms with Gasteiger partial charge in [-0.25, -0.2) is 8.42 Å². The van der Waals surface area contributed by atoms with Crippen molar-refractivity contribution in [1.82, 2.24) is 9.84 Å². The van der Waals surface area contributed by atoms with Gasteiger partial charge in [0.25, 0.3) is 10.0 Å². The van der Waals surface area contributed by atoms with E-state index in [0.29, 0.717) is 5.57 Å². The number of sulfonamides is 1. The lowest BCUT2D eigenvalue weighted by molar-refractivity contribution is -0.0992. The molecule has 0 aromatic heterocycles. The highest BCUT2D eigenvalue weighted by molar-refractivity contribution is 7.89. The van der Waals surface area contributed by atoms with E-state index in [4.69, 9.17) is 5.26 Å². The van der Waals surface area contributed by atoms with Crippen molar-refractivity contribution < 1.29 is 21.6 Å². The molecule has 2 aliphatic rings. The Labute approximate surface area is 148 Å². The molecule has 26 heavy (non-hydrogen) atoms. The van der Waals surface area contributed by atoms with Gasteiger partial charge in [-0.3, -0.25) is 5.01 Å². The maximum absolute atomic E-state index is 13.3. The number of alkyl halides is 3. The fraction of sp³-hybridized carbons (Fsp3) is 0.118. The topological polar surface area (TPSA) is 73.2 Å². The maximum Gasteiger partial charge on any atom is 0.415 e. The van der Waals surface area contributed by atoms with Crippen LogP contribution in [-0.4, -0.2) is 25.6 Å². The number of nitrogens with one attached hydrogen (secondary N) is 1. The molecular formula is C17H12F3N3O2S. The monoisotopic (exact) mass is 379 g/mol. The number of rotatable bonds is 3. The van der Waals surface area contributed by atoms with Crippen LogP contribution in [0, 0.1) is 11.3 Å². The standard InChI is InChI=1S/C17H12F3N3O2S/c18-17(19,20)15-5-1-3-13-4-2-10-23(16(13)15)22-26(24,25)14-8-6-12(11-21)7-9-14/h1-10,16,22H. The van der Waals surface area contributed by atoms with E-state index in [-0.39, 0.29) is 10.5 Å². The first-order valence-electron chi connectivity index (χ1n) is 7.37. The summed E-state index contributed by atoms with van der Waals surface area (Å²) in [7, 11) is -4.13. The number of benzene rings is 1. The van der Waals surface area contributed by atoms with Crippen LogP contribution in [0.4, 0.5) is 13.2 Å². The summed E-state index contributed by atoms with van der Waals surface area (Å²) in [5, 5.41) is 9.68. The molecule has 0 saturated carbocycles. The molecule has 1 aliphatic carbocycles. The maximum atomic E-state index is 13.3. The lowest BCUT2D eigenvalue weighted by Gasteiger charge is -2.36. The van der Waals surface area contributed by atoms with Gasteiger partial charge in [0.05, 0.1) is 22.1 Å². The molecule has 1 aliphatic heterocycles. The van der Waals surface area contributed by atoms with Crippen molar-refractivity contribution >= 4 is 10.0 Å². The first-order valence-corrected chi connectivity index (χ1v) is 8.85. The minimum atomic E-state index is -4.61. The molecule has 9 heteroatoms. The molecule has 0 spiro atoms. The van der Waals surface area contributed by atoms with E-state index in [0.717, 1.165) is 11.1 Å². The van der Waals surface area contributed by atoms with Gasteiger partial charge in [0.15, 0.2) is 0 Å². The molecule has 134 valence electrons. The highest BCUT2D eigenvalue weighted by Gasteiger charge is 2.43. The van der Waals surface area contributed by atoms with Gasteiger partial charge in [0.2, 0.25) is 0 Å². The third-order valence-corrected chi connectivity index (χ3v) is 5.18. The molecule has 1 aromatic rings. The van der Waals surface area contributed by atoms with Crippen LogP contribution < -0.4 is 4.83 Å². The Morgan fingerprint density at radius 3 is 2.42 bits per heavy atom. The minimum Gasteiger partial charge on any atom is -0.290 e. The van der Waals surface area contributed by atoms with Gasteiger partial charge in [-0.15, -0.1) is 4.83 Å². The normalized spacial score (nSPS) is 19.5. The number of nitriles is 1. The van der Waals surface area contributed by atoms with Crippen LogP contribution in [0.5, 0.6) is 0 Å². The molecule has 0 fully saturated rings. The zero-order chi connectivity index (χ0) is 18.9. The summed E-state index contributed by atoms with van der Waals surface area (Å²) in [6, 6.07) is 5.60. The second-order valence-electron chi connectivity index (χ2n) is 5.53. The lowest BCUT2D eigenvalue weighted by Crippen LogP contribution is -2.49. The van der Waals surface area contributed by atoms with Gasteiger partial charge in [0.1, 0.15) is 6.04 Å². The zero-order valence-electron chi connectivity index (χ0n) is 13.1. The van der Waals surface area contributed by atoms with E-state index in [1.165, 1.54) is 54.8 Å². The molecule has 1 N–H and O–H groups in total. The number of halogens is 3. The molecule has 1 unspecified atom stereocenters. The molecule has 3 rings (SSSR count). The fourth-order valence-corrected chi connectivity index (χ4v) is 3.69. The number of hydrogen-bond donors (Lipinski definition) is 1. The van der Waals surface area contributed by atoms with E-state index in [1.54, 1.807) is 0 Å². The molecular weight excluding hydrogens is 367 g/mol. The number of nitrogens with zero attached hydrogens (tertiary/aromatic N) is 2. The Hall–Kier alpha value is -2.83. The van der Waals surface area contributed by atoms with Gasteiger partial charge in [0, 0.05) is 6.20 Å². The van der Waals surface area contributed by atoms with Crippen molar-refractivity contribution in [1.29, 1.82) is 5.26 Å². The van der Waals surface area contributed by atoms with E-state index in [9.17, 15) is 21.6 Å². The minimum absolute atomic E-state index is 0.162. The number of allylic oxidation sites excluding steroid dienone is 4. The van der Waals surface area contributed by atoms with Crippen molar-refractivity contribution in [2.24, 2.45) is 0 Å². The molecule has 0 radical (unpaired) electrons. The number of hydrogen-bond acceptors (Lipinski definition) is 4. The average Bonchev–Trinajstić information content (AvgIpc) is 2.60. The Balaban J connectivity index is 1.92. The van der Waals surface area contributed by atoms with E-state index >= 15 is 0 Å². The largest absolute Gasteiger partial charge is 0.415 e. The van der Waals surface area contributed by atoms with Crippen molar-refractivity contribution in [3.05, 3.63) is 77.6 Å². The highest BCUT2D eigenvalue weighted by atomic mass is 32.2. The second kappa shape index (κ2) is 6.48. The molecule has 1 aromatic carbocycles. The molecule has 0 bridgehead atoms. The van der Waals surface area contributed by atoms with E-state index < -0.39 is 27.8 Å². The quantitative estimate of drug-likeness (QED) is 0.877. The van der Waals surface area contributed by atoms with Crippen LogP contribution in [0.15, 0.2) is 76.9 Å². The SMILES string of the molecule is N#Cc1ccc(S(=O)(=O)NN2C=CC=C3C=CC=C(C(F)(F)F)C32)cc1. The van der Waals surface area contributed by atoms with Gasteiger partial charge in [-0.1, -0.05) is 24.3 Å². The zero-order valence-corrected chi connectivity index (χ0v) is 13.9. The van der Waals surface area contributed by atoms with E-state index in [2.05, 4.69) is 4.83 Å². The number of fused-ring (bicyclic) bond motifs is 1. The molecule has 1 atom stereocenters. The van der Waals surface area contributed by atoms with Crippen molar-refractivity contribution in [3.63, 3.8) is 0 Å². The Bertz CT molecular complexity index is 982. The fourth-order valence-electron chi connectivity index (χ4n) is 2.65. The Morgan fingerprint density at radius 1 is 1.12 bits per heavy atom. The summed E-state index contributed by atoms with van der Waals surface area (Å²) in [4.78, 5) is 2.01. The summed E-state index contributed by atoms with van der Waals surface area (Å²) in [6.45, 7) is 0. The molecule has 0 amide bonds. The van der Waals surface area contributed by atoms with Gasteiger partial charge in [-0.05, 0) is 35.9 Å². The van der Waals surface area contributed by atoms with Gasteiger partial charge in [-0.2, -0.15) is 18.4 Å². The average molecular weight is 379 g/mol. The summed E-state index contributed by atoms with van der Waals surface area (Å²) in [5.74, 6) is 0. The lowest BCUT2D eigenvalue weighted by atomic mass is 9.91. The Morgan fingerprint density at radius 2 is 1.81 bits per heavy atom. The number of hydrazine groups is 1. The first-order chi connectivity index (χ1) is 12.2. The van der Waals surface area contributed by atoms with Crippen LogP contribution in [0.1, 0.15) is 5.56 Å². The van der Waals surface area contributed by atoms with E-state index in [1.807, 2.05) is 6.07 Å². The van der Waals surface area contributed by atoms with Crippen LogP contribution in [0.25, 0.3) is 0 Å². The molecule has 1 heterocycles. The van der Waals surface area contributed by atoms with Crippen LogP contribution in [-0.2, 0) is 10.0 Å². The Kier molecular flexibility index (Phi) is 4.48.